The minimum atomic E-state index is 0.991. The predicted molar refractivity (Wildman–Crippen MR) is 135 cm³/mol. The molecule has 0 bridgehead atoms. The van der Waals surface area contributed by atoms with Crippen LogP contribution in [0.1, 0.15) is 37.0 Å². The minimum absolute atomic E-state index is 0.991. The molecule has 0 aliphatic rings. The van der Waals surface area contributed by atoms with Gasteiger partial charge in [-0.1, -0.05) is 86.6 Å². The smallest absolute Gasteiger partial charge is 0.0340 e. The quantitative estimate of drug-likeness (QED) is 0.254. The zero-order chi connectivity index (χ0) is 21.2. The van der Waals surface area contributed by atoms with Gasteiger partial charge in [0, 0.05) is 22.3 Å². The first-order chi connectivity index (χ1) is 14.7. The first kappa shape index (κ1) is 22.3. The maximum absolute atomic E-state index is 3.88. The molecule has 3 aromatic rings. The third kappa shape index (κ3) is 6.07. The van der Waals surface area contributed by atoms with Gasteiger partial charge in [0.2, 0.25) is 0 Å². The van der Waals surface area contributed by atoms with Gasteiger partial charge in [-0.2, -0.15) is 0 Å². The summed E-state index contributed by atoms with van der Waals surface area (Å²) in [5, 5.41) is 3.56. The lowest BCUT2D eigenvalue weighted by Crippen LogP contribution is -2.25. The Kier molecular flexibility index (Phi) is 8.73. The Morgan fingerprint density at radius 2 is 1.27 bits per heavy atom. The van der Waals surface area contributed by atoms with Gasteiger partial charge in [0.25, 0.3) is 0 Å². The second-order valence-corrected chi connectivity index (χ2v) is 8.10. The summed E-state index contributed by atoms with van der Waals surface area (Å²) >= 11 is 3.88. The van der Waals surface area contributed by atoms with Crippen molar-refractivity contribution < 1.29 is 0 Å². The van der Waals surface area contributed by atoms with Crippen molar-refractivity contribution in [3.8, 4) is 0 Å². The molecule has 0 heterocycles. The fourth-order valence-electron chi connectivity index (χ4n) is 3.58. The Bertz CT molecular complexity index is 914. The van der Waals surface area contributed by atoms with Crippen LogP contribution in [-0.4, -0.2) is 31.1 Å². The number of benzene rings is 3. The van der Waals surface area contributed by atoms with Gasteiger partial charge in [0.05, 0.1) is 0 Å². The highest BCUT2D eigenvalue weighted by molar-refractivity contribution is 9.15. The number of hydrogen-bond acceptors (Lipinski definition) is 2. The fraction of sp³-hybridized carbons (Fsp3) is 0.259. The molecule has 0 fully saturated rings. The van der Waals surface area contributed by atoms with Crippen molar-refractivity contribution in [1.82, 2.24) is 4.90 Å². The van der Waals surface area contributed by atoms with Gasteiger partial charge in [-0.15, -0.1) is 0 Å². The van der Waals surface area contributed by atoms with Gasteiger partial charge >= 0.3 is 0 Å². The first-order valence-corrected chi connectivity index (χ1v) is 11.6. The fourth-order valence-corrected chi connectivity index (χ4v) is 4.31. The second-order valence-electron chi connectivity index (χ2n) is 7.31. The maximum atomic E-state index is 3.88. The monoisotopic (exact) mass is 462 g/mol. The van der Waals surface area contributed by atoms with Gasteiger partial charge in [-0.05, 0) is 70.8 Å². The summed E-state index contributed by atoms with van der Waals surface area (Å²) in [5.74, 6) is 0. The Morgan fingerprint density at radius 3 is 1.83 bits per heavy atom. The van der Waals surface area contributed by atoms with E-state index in [1.54, 1.807) is 0 Å². The van der Waals surface area contributed by atoms with Crippen LogP contribution in [0.15, 0.2) is 84.9 Å². The molecule has 0 saturated heterocycles. The van der Waals surface area contributed by atoms with E-state index in [4.69, 9.17) is 0 Å². The van der Waals surface area contributed by atoms with E-state index in [0.717, 1.165) is 37.1 Å². The van der Waals surface area contributed by atoms with Crippen molar-refractivity contribution in [2.45, 2.75) is 20.3 Å². The topological polar surface area (TPSA) is 15.3 Å². The molecule has 2 nitrogen and oxygen atoms in total. The molecule has 0 amide bonds. The highest BCUT2D eigenvalue weighted by atomic mass is 79.9. The highest BCUT2D eigenvalue weighted by Gasteiger charge is 2.12. The summed E-state index contributed by atoms with van der Waals surface area (Å²) in [7, 11) is 0. The van der Waals surface area contributed by atoms with E-state index in [2.05, 4.69) is 119 Å². The van der Waals surface area contributed by atoms with Crippen molar-refractivity contribution in [2.75, 3.05) is 31.5 Å². The van der Waals surface area contributed by atoms with Gasteiger partial charge in [0.1, 0.15) is 0 Å². The Morgan fingerprint density at radius 1 is 0.733 bits per heavy atom. The molecular weight excluding hydrogens is 432 g/mol. The van der Waals surface area contributed by atoms with Gasteiger partial charge in [-0.25, -0.2) is 0 Å². The standard InChI is InChI=1S/C27H31BrN2/c1-3-30(4-2)21-11-20-29-25-18-16-23(17-19-25)26(22-12-7-5-8-13-22)27(28)24-14-9-6-10-15-24/h5-10,12-19,29H,3-4,11,20-21H2,1-2H3. The van der Waals surface area contributed by atoms with Crippen LogP contribution in [0.2, 0.25) is 0 Å². The van der Waals surface area contributed by atoms with Gasteiger partial charge in [0.15, 0.2) is 0 Å². The van der Waals surface area contributed by atoms with E-state index in [1.165, 1.54) is 28.0 Å². The molecule has 0 aliphatic carbocycles. The maximum Gasteiger partial charge on any atom is 0.0340 e. The van der Waals surface area contributed by atoms with E-state index >= 15 is 0 Å². The molecule has 0 spiro atoms. The largest absolute Gasteiger partial charge is 0.385 e. The number of nitrogens with one attached hydrogen (secondary N) is 1. The normalized spacial score (nSPS) is 12.0. The Balaban J connectivity index is 1.79. The molecule has 0 saturated carbocycles. The van der Waals surface area contributed by atoms with Crippen molar-refractivity contribution in [3.05, 3.63) is 102 Å². The molecule has 3 heteroatoms. The van der Waals surface area contributed by atoms with Crippen LogP contribution in [0.5, 0.6) is 0 Å². The molecule has 0 atom stereocenters. The summed E-state index contributed by atoms with van der Waals surface area (Å²) in [6, 6.07) is 29.8. The molecule has 0 aliphatic heterocycles. The molecule has 1 N–H and O–H groups in total. The third-order valence-electron chi connectivity index (χ3n) is 5.36. The average Bonchev–Trinajstić information content (AvgIpc) is 2.81. The van der Waals surface area contributed by atoms with Gasteiger partial charge < -0.3 is 10.2 Å². The third-order valence-corrected chi connectivity index (χ3v) is 6.21. The average molecular weight is 463 g/mol. The van der Waals surface area contributed by atoms with Crippen molar-refractivity contribution in [3.63, 3.8) is 0 Å². The summed E-state index contributed by atoms with van der Waals surface area (Å²) < 4.78 is 1.11. The zero-order valence-corrected chi connectivity index (χ0v) is 19.5. The van der Waals surface area contributed by atoms with E-state index in [9.17, 15) is 0 Å². The molecular formula is C27H31BrN2. The zero-order valence-electron chi connectivity index (χ0n) is 17.9. The molecule has 156 valence electrons. The number of nitrogens with zero attached hydrogens (tertiary/aromatic N) is 1. The minimum Gasteiger partial charge on any atom is -0.385 e. The molecule has 0 unspecified atom stereocenters. The lowest BCUT2D eigenvalue weighted by Gasteiger charge is -2.18. The van der Waals surface area contributed by atoms with E-state index in [0.29, 0.717) is 0 Å². The lowest BCUT2D eigenvalue weighted by molar-refractivity contribution is 0.303. The molecule has 3 rings (SSSR count). The summed E-state index contributed by atoms with van der Waals surface area (Å²) in [6.07, 6.45) is 1.15. The Hall–Kier alpha value is -2.36. The van der Waals surface area contributed by atoms with Crippen LogP contribution < -0.4 is 5.32 Å². The number of rotatable bonds is 10. The highest BCUT2D eigenvalue weighted by Crippen LogP contribution is 2.36. The van der Waals surface area contributed by atoms with E-state index in [-0.39, 0.29) is 0 Å². The summed E-state index contributed by atoms with van der Waals surface area (Å²) in [5.41, 5.74) is 5.95. The number of anilines is 1. The molecule has 0 radical (unpaired) electrons. The summed E-state index contributed by atoms with van der Waals surface area (Å²) in [4.78, 5) is 2.46. The van der Waals surface area contributed by atoms with Crippen LogP contribution in [0.3, 0.4) is 0 Å². The molecule has 0 aromatic heterocycles. The van der Waals surface area contributed by atoms with Crippen LogP contribution in [-0.2, 0) is 0 Å². The van der Waals surface area contributed by atoms with Crippen LogP contribution in [0, 0.1) is 0 Å². The first-order valence-electron chi connectivity index (χ1n) is 10.8. The van der Waals surface area contributed by atoms with Crippen LogP contribution in [0.25, 0.3) is 10.1 Å². The molecule has 3 aromatic carbocycles. The van der Waals surface area contributed by atoms with Crippen LogP contribution >= 0.6 is 15.9 Å². The van der Waals surface area contributed by atoms with Gasteiger partial charge in [-0.3, -0.25) is 0 Å². The summed E-state index contributed by atoms with van der Waals surface area (Å²) in [6.45, 7) is 8.82. The van der Waals surface area contributed by atoms with Crippen molar-refractivity contribution in [1.29, 1.82) is 0 Å². The Labute approximate surface area is 189 Å². The number of hydrogen-bond donors (Lipinski definition) is 1. The predicted octanol–water partition coefficient (Wildman–Crippen LogP) is 7.14. The lowest BCUT2D eigenvalue weighted by atomic mass is 9.95. The van der Waals surface area contributed by atoms with E-state index in [1.807, 2.05) is 6.07 Å². The van der Waals surface area contributed by atoms with Crippen molar-refractivity contribution >= 4 is 31.7 Å². The molecule has 30 heavy (non-hydrogen) atoms. The number of halogens is 1. The van der Waals surface area contributed by atoms with Crippen LogP contribution in [0.4, 0.5) is 5.69 Å². The van der Waals surface area contributed by atoms with E-state index < -0.39 is 0 Å². The second kappa shape index (κ2) is 11.7. The SMILES string of the molecule is CCN(CC)CCCNc1ccc(C(=C(Br)c2ccccc2)c2ccccc2)cc1. The van der Waals surface area contributed by atoms with Crippen molar-refractivity contribution in [2.24, 2.45) is 0 Å².